The Morgan fingerprint density at radius 2 is 1.87 bits per heavy atom. The smallest absolute Gasteiger partial charge is 0.0448 e. The highest BCUT2D eigenvalue weighted by molar-refractivity contribution is 4.96. The lowest BCUT2D eigenvalue weighted by Crippen LogP contribution is -2.41. The molecule has 1 aromatic heterocycles. The van der Waals surface area contributed by atoms with Crippen LogP contribution in [0, 0.1) is 0 Å². The molecule has 0 aromatic carbocycles. The maximum Gasteiger partial charge on any atom is 0.0448 e. The van der Waals surface area contributed by atoms with Crippen molar-refractivity contribution in [3.8, 4) is 0 Å². The first-order chi connectivity index (χ1) is 7.38. The first-order valence-electron chi connectivity index (χ1n) is 6.00. The molecule has 1 saturated heterocycles. The first-order valence-corrected chi connectivity index (χ1v) is 6.00. The quantitative estimate of drug-likeness (QED) is 0.814. The van der Waals surface area contributed by atoms with Gasteiger partial charge < -0.3 is 10.3 Å². The van der Waals surface area contributed by atoms with Crippen LogP contribution in [-0.4, -0.2) is 35.3 Å². The van der Waals surface area contributed by atoms with E-state index in [0.717, 1.165) is 0 Å². The molecule has 0 atom stereocenters. The van der Waals surface area contributed by atoms with Gasteiger partial charge >= 0.3 is 0 Å². The van der Waals surface area contributed by atoms with Crippen molar-refractivity contribution in [2.45, 2.75) is 32.2 Å². The third-order valence-electron chi connectivity index (χ3n) is 3.06. The number of rotatable bonds is 4. The van der Waals surface area contributed by atoms with Gasteiger partial charge in [0.1, 0.15) is 0 Å². The van der Waals surface area contributed by atoms with E-state index in [0.29, 0.717) is 6.04 Å². The van der Waals surface area contributed by atoms with E-state index in [1.165, 1.54) is 38.9 Å². The number of aromatic nitrogens is 1. The van der Waals surface area contributed by atoms with Gasteiger partial charge in [-0.1, -0.05) is 6.92 Å². The largest absolute Gasteiger partial charge is 0.323 e. The average Bonchev–Trinajstić information content (AvgIpc) is 2.74. The number of nitrogens with zero attached hydrogens (tertiary/aromatic N) is 2. The molecule has 0 bridgehead atoms. The molecule has 0 radical (unpaired) electrons. The fraction of sp³-hybridized carbons (Fsp3) is 0.667. The summed E-state index contributed by atoms with van der Waals surface area (Å²) in [5.74, 6) is 0. The minimum absolute atomic E-state index is 0.644. The Balaban J connectivity index is 1.74. The summed E-state index contributed by atoms with van der Waals surface area (Å²) in [6.07, 6.45) is 7.93. The second-order valence-electron chi connectivity index (χ2n) is 4.34. The summed E-state index contributed by atoms with van der Waals surface area (Å²) < 4.78 is 2.07. The van der Waals surface area contributed by atoms with Gasteiger partial charge in [0, 0.05) is 31.5 Å². The molecule has 0 spiro atoms. The summed E-state index contributed by atoms with van der Waals surface area (Å²) in [4.78, 5) is 2.56. The molecule has 0 saturated carbocycles. The number of hydrogen-bond acceptors (Lipinski definition) is 2. The summed E-state index contributed by atoms with van der Waals surface area (Å²) >= 11 is 0. The van der Waals surface area contributed by atoms with Crippen molar-refractivity contribution >= 4 is 0 Å². The maximum absolute atomic E-state index is 3.51. The van der Waals surface area contributed by atoms with Gasteiger partial charge in [-0.05, 0) is 37.9 Å². The van der Waals surface area contributed by atoms with E-state index in [1.54, 1.807) is 0 Å². The highest BCUT2D eigenvalue weighted by Crippen LogP contribution is 2.11. The van der Waals surface area contributed by atoms with Crippen LogP contribution in [0.3, 0.4) is 0 Å². The molecular formula is C12H21N3. The summed E-state index contributed by atoms with van der Waals surface area (Å²) in [5, 5.41) is 0. The van der Waals surface area contributed by atoms with Crippen LogP contribution in [0.15, 0.2) is 24.5 Å². The van der Waals surface area contributed by atoms with Gasteiger partial charge in [-0.15, -0.1) is 0 Å². The van der Waals surface area contributed by atoms with E-state index in [2.05, 4.69) is 46.5 Å². The topological polar surface area (TPSA) is 20.2 Å². The molecule has 1 fully saturated rings. The van der Waals surface area contributed by atoms with Crippen LogP contribution in [0.5, 0.6) is 0 Å². The summed E-state index contributed by atoms with van der Waals surface area (Å²) in [6, 6.07) is 4.75. The monoisotopic (exact) mass is 207 g/mol. The zero-order chi connectivity index (χ0) is 10.5. The van der Waals surface area contributed by atoms with E-state index in [4.69, 9.17) is 0 Å². The Kier molecular flexibility index (Phi) is 3.67. The second-order valence-corrected chi connectivity index (χ2v) is 4.34. The lowest BCUT2D eigenvalue weighted by Gasteiger charge is -2.32. The molecule has 15 heavy (non-hydrogen) atoms. The molecule has 0 unspecified atom stereocenters. The normalized spacial score (nSPS) is 19.3. The lowest BCUT2D eigenvalue weighted by atomic mass is 10.1. The Bertz CT molecular complexity index is 260. The van der Waals surface area contributed by atoms with Crippen LogP contribution in [0.2, 0.25) is 0 Å². The van der Waals surface area contributed by atoms with Gasteiger partial charge in [0.05, 0.1) is 0 Å². The van der Waals surface area contributed by atoms with Crippen LogP contribution in [-0.2, 0) is 0 Å². The first kappa shape index (κ1) is 10.6. The molecular weight excluding hydrogens is 186 g/mol. The number of piperidine rings is 1. The standard InChI is InChI=1S/C12H21N3/c1-2-7-14-10-5-12(6-11-14)13-15-8-3-4-9-15/h3-4,8-9,12-13H,2,5-7,10-11H2,1H3. The van der Waals surface area contributed by atoms with E-state index in [1.807, 2.05) is 0 Å². The van der Waals surface area contributed by atoms with Crippen LogP contribution in [0.1, 0.15) is 26.2 Å². The minimum Gasteiger partial charge on any atom is -0.323 e. The predicted octanol–water partition coefficient (Wildman–Crippen LogP) is 1.91. The lowest BCUT2D eigenvalue weighted by molar-refractivity contribution is 0.215. The molecule has 3 heteroatoms. The Labute approximate surface area is 92.0 Å². The third-order valence-corrected chi connectivity index (χ3v) is 3.06. The Morgan fingerprint density at radius 1 is 1.20 bits per heavy atom. The zero-order valence-corrected chi connectivity index (χ0v) is 9.52. The van der Waals surface area contributed by atoms with Gasteiger partial charge in [-0.25, -0.2) is 0 Å². The van der Waals surface area contributed by atoms with Crippen molar-refractivity contribution in [2.75, 3.05) is 25.1 Å². The van der Waals surface area contributed by atoms with Crippen LogP contribution >= 0.6 is 0 Å². The zero-order valence-electron chi connectivity index (χ0n) is 9.52. The third kappa shape index (κ3) is 2.99. The van der Waals surface area contributed by atoms with Crippen LogP contribution in [0.25, 0.3) is 0 Å². The molecule has 3 nitrogen and oxygen atoms in total. The van der Waals surface area contributed by atoms with Crippen LogP contribution < -0.4 is 5.43 Å². The van der Waals surface area contributed by atoms with E-state index >= 15 is 0 Å². The summed E-state index contributed by atoms with van der Waals surface area (Å²) in [7, 11) is 0. The van der Waals surface area contributed by atoms with Crippen molar-refractivity contribution in [2.24, 2.45) is 0 Å². The fourth-order valence-corrected chi connectivity index (χ4v) is 2.23. The number of likely N-dealkylation sites (tertiary alicyclic amines) is 1. The Morgan fingerprint density at radius 3 is 2.47 bits per heavy atom. The second kappa shape index (κ2) is 5.21. The van der Waals surface area contributed by atoms with Gasteiger partial charge in [0.15, 0.2) is 0 Å². The Hall–Kier alpha value is -0.960. The van der Waals surface area contributed by atoms with E-state index in [-0.39, 0.29) is 0 Å². The van der Waals surface area contributed by atoms with Crippen molar-refractivity contribution in [3.63, 3.8) is 0 Å². The van der Waals surface area contributed by atoms with Crippen molar-refractivity contribution < 1.29 is 0 Å². The molecule has 1 aromatic rings. The summed E-state index contributed by atoms with van der Waals surface area (Å²) in [6.45, 7) is 6.00. The molecule has 0 aliphatic carbocycles. The van der Waals surface area contributed by atoms with Gasteiger partial charge in [0.2, 0.25) is 0 Å². The van der Waals surface area contributed by atoms with Crippen LogP contribution in [0.4, 0.5) is 0 Å². The highest BCUT2D eigenvalue weighted by atomic mass is 15.4. The highest BCUT2D eigenvalue weighted by Gasteiger charge is 2.17. The van der Waals surface area contributed by atoms with Crippen molar-refractivity contribution in [1.82, 2.24) is 9.58 Å². The molecule has 2 heterocycles. The van der Waals surface area contributed by atoms with E-state index in [9.17, 15) is 0 Å². The molecule has 84 valence electrons. The maximum atomic E-state index is 3.51. The number of nitrogens with one attached hydrogen (secondary N) is 1. The number of hydrogen-bond donors (Lipinski definition) is 1. The molecule has 2 rings (SSSR count). The molecule has 1 aliphatic heterocycles. The van der Waals surface area contributed by atoms with E-state index < -0.39 is 0 Å². The predicted molar refractivity (Wildman–Crippen MR) is 63.5 cm³/mol. The fourth-order valence-electron chi connectivity index (χ4n) is 2.23. The minimum atomic E-state index is 0.644. The molecule has 1 aliphatic rings. The van der Waals surface area contributed by atoms with Gasteiger partial charge in [-0.3, -0.25) is 4.68 Å². The van der Waals surface area contributed by atoms with Gasteiger partial charge in [0.25, 0.3) is 0 Å². The van der Waals surface area contributed by atoms with Crippen molar-refractivity contribution in [1.29, 1.82) is 0 Å². The average molecular weight is 207 g/mol. The van der Waals surface area contributed by atoms with Crippen molar-refractivity contribution in [3.05, 3.63) is 24.5 Å². The molecule has 1 N–H and O–H groups in total. The van der Waals surface area contributed by atoms with Gasteiger partial charge in [-0.2, -0.15) is 0 Å². The summed E-state index contributed by atoms with van der Waals surface area (Å²) in [5.41, 5.74) is 3.51. The molecule has 0 amide bonds. The SMILES string of the molecule is CCCN1CCC(Nn2cccc2)CC1.